The van der Waals surface area contributed by atoms with Gasteiger partial charge < -0.3 is 10.6 Å². The summed E-state index contributed by atoms with van der Waals surface area (Å²) in [5.41, 5.74) is 1.98. The van der Waals surface area contributed by atoms with E-state index in [1.165, 1.54) is 18.4 Å². The van der Waals surface area contributed by atoms with Gasteiger partial charge in [0.2, 0.25) is 0 Å². The highest BCUT2D eigenvalue weighted by atomic mass is 16.1. The maximum Gasteiger partial charge on any atom is 0.251 e. The van der Waals surface area contributed by atoms with Crippen LogP contribution in [-0.4, -0.2) is 25.0 Å². The topological polar surface area (TPSA) is 41.1 Å². The van der Waals surface area contributed by atoms with Crippen LogP contribution in [0, 0.1) is 0 Å². The van der Waals surface area contributed by atoms with E-state index in [-0.39, 0.29) is 5.91 Å². The summed E-state index contributed by atoms with van der Waals surface area (Å²) in [5, 5.41) is 6.45. The highest BCUT2D eigenvalue weighted by molar-refractivity contribution is 5.94. The number of aryl methyl sites for hydroxylation is 1. The monoisotopic (exact) mass is 246 g/mol. The molecule has 0 bridgehead atoms. The van der Waals surface area contributed by atoms with E-state index in [9.17, 15) is 4.79 Å². The Morgan fingerprint density at radius 1 is 1.44 bits per heavy atom. The zero-order chi connectivity index (χ0) is 12.8. The quantitative estimate of drug-likeness (QED) is 0.854. The highest BCUT2D eigenvalue weighted by Crippen LogP contribution is 2.08. The standard InChI is InChI=1S/C15H22N2O/c1-2-12-6-5-7-13(10-12)15(18)17-11-14-8-3-4-9-16-14/h5-7,10,14,16H,2-4,8-9,11H2,1H3,(H,17,18). The van der Waals surface area contributed by atoms with E-state index in [4.69, 9.17) is 0 Å². The van der Waals surface area contributed by atoms with Gasteiger partial charge in [0.25, 0.3) is 5.91 Å². The summed E-state index contributed by atoms with van der Waals surface area (Å²) in [7, 11) is 0. The van der Waals surface area contributed by atoms with E-state index in [0.29, 0.717) is 6.04 Å². The van der Waals surface area contributed by atoms with Crippen LogP contribution in [0.25, 0.3) is 0 Å². The van der Waals surface area contributed by atoms with Crippen LogP contribution in [0.4, 0.5) is 0 Å². The van der Waals surface area contributed by atoms with Crippen molar-refractivity contribution in [1.29, 1.82) is 0 Å². The third-order valence-electron chi connectivity index (χ3n) is 3.52. The van der Waals surface area contributed by atoms with Gasteiger partial charge in [0.1, 0.15) is 0 Å². The van der Waals surface area contributed by atoms with Crippen LogP contribution in [0.5, 0.6) is 0 Å². The van der Waals surface area contributed by atoms with Crippen molar-refractivity contribution >= 4 is 5.91 Å². The van der Waals surface area contributed by atoms with E-state index < -0.39 is 0 Å². The summed E-state index contributed by atoms with van der Waals surface area (Å²) in [4.78, 5) is 12.0. The molecule has 3 nitrogen and oxygen atoms in total. The molecule has 98 valence electrons. The number of carbonyl (C=O) groups excluding carboxylic acids is 1. The van der Waals surface area contributed by atoms with Crippen molar-refractivity contribution in [3.05, 3.63) is 35.4 Å². The van der Waals surface area contributed by atoms with Gasteiger partial charge in [-0.3, -0.25) is 4.79 Å². The summed E-state index contributed by atoms with van der Waals surface area (Å²) in [5.74, 6) is 0.0395. The molecule has 1 unspecified atom stereocenters. The number of hydrogen-bond acceptors (Lipinski definition) is 2. The lowest BCUT2D eigenvalue weighted by molar-refractivity contribution is 0.0947. The van der Waals surface area contributed by atoms with Gasteiger partial charge in [0.05, 0.1) is 0 Å². The Morgan fingerprint density at radius 3 is 3.06 bits per heavy atom. The average molecular weight is 246 g/mol. The van der Waals surface area contributed by atoms with E-state index in [1.54, 1.807) is 0 Å². The smallest absolute Gasteiger partial charge is 0.251 e. The molecule has 2 N–H and O–H groups in total. The Labute approximate surface area is 109 Å². The average Bonchev–Trinajstić information content (AvgIpc) is 2.46. The fourth-order valence-electron chi connectivity index (χ4n) is 2.35. The van der Waals surface area contributed by atoms with Crippen molar-refractivity contribution in [3.8, 4) is 0 Å². The zero-order valence-corrected chi connectivity index (χ0v) is 11.0. The van der Waals surface area contributed by atoms with Gasteiger partial charge in [0, 0.05) is 18.2 Å². The van der Waals surface area contributed by atoms with Gasteiger partial charge in [-0.05, 0) is 43.5 Å². The molecule has 18 heavy (non-hydrogen) atoms. The van der Waals surface area contributed by atoms with E-state index in [2.05, 4.69) is 23.6 Å². The predicted molar refractivity (Wildman–Crippen MR) is 73.8 cm³/mol. The summed E-state index contributed by atoms with van der Waals surface area (Å²) < 4.78 is 0. The predicted octanol–water partition coefficient (Wildman–Crippen LogP) is 2.12. The molecule has 3 heteroatoms. The lowest BCUT2D eigenvalue weighted by Gasteiger charge is -2.23. The molecular formula is C15H22N2O. The molecular weight excluding hydrogens is 224 g/mol. The van der Waals surface area contributed by atoms with E-state index in [1.807, 2.05) is 18.2 Å². The first-order valence-electron chi connectivity index (χ1n) is 6.90. The van der Waals surface area contributed by atoms with Crippen molar-refractivity contribution in [1.82, 2.24) is 10.6 Å². The maximum atomic E-state index is 12.0. The van der Waals surface area contributed by atoms with Crippen LogP contribution >= 0.6 is 0 Å². The molecule has 1 saturated heterocycles. The molecule has 1 aromatic rings. The number of piperidine rings is 1. The lowest BCUT2D eigenvalue weighted by Crippen LogP contribution is -2.43. The van der Waals surface area contributed by atoms with E-state index >= 15 is 0 Å². The molecule has 0 saturated carbocycles. The molecule has 1 aliphatic heterocycles. The minimum absolute atomic E-state index is 0.0395. The van der Waals surface area contributed by atoms with Crippen LogP contribution in [0.15, 0.2) is 24.3 Å². The van der Waals surface area contributed by atoms with Crippen LogP contribution in [0.1, 0.15) is 42.1 Å². The Hall–Kier alpha value is -1.35. The number of nitrogens with one attached hydrogen (secondary N) is 2. The second kappa shape index (κ2) is 6.55. The molecule has 2 rings (SSSR count). The molecule has 0 spiro atoms. The van der Waals surface area contributed by atoms with Gasteiger partial charge >= 0.3 is 0 Å². The number of amides is 1. The second-order valence-electron chi connectivity index (χ2n) is 4.91. The minimum atomic E-state index is 0.0395. The Balaban J connectivity index is 1.86. The van der Waals surface area contributed by atoms with Gasteiger partial charge in [-0.1, -0.05) is 25.5 Å². The maximum absolute atomic E-state index is 12.0. The second-order valence-corrected chi connectivity index (χ2v) is 4.91. The zero-order valence-electron chi connectivity index (χ0n) is 11.0. The number of rotatable bonds is 4. The van der Waals surface area contributed by atoms with Crippen LogP contribution in [0.2, 0.25) is 0 Å². The first-order valence-corrected chi connectivity index (χ1v) is 6.90. The van der Waals surface area contributed by atoms with Crippen molar-refractivity contribution in [2.75, 3.05) is 13.1 Å². The largest absolute Gasteiger partial charge is 0.350 e. The van der Waals surface area contributed by atoms with Gasteiger partial charge in [-0.15, -0.1) is 0 Å². The summed E-state index contributed by atoms with van der Waals surface area (Å²) in [6.07, 6.45) is 4.64. The molecule has 1 aromatic carbocycles. The van der Waals surface area contributed by atoms with Crippen molar-refractivity contribution in [3.63, 3.8) is 0 Å². The first-order chi connectivity index (χ1) is 8.79. The number of benzene rings is 1. The van der Waals surface area contributed by atoms with Crippen molar-refractivity contribution in [2.45, 2.75) is 38.6 Å². The fraction of sp³-hybridized carbons (Fsp3) is 0.533. The summed E-state index contributed by atoms with van der Waals surface area (Å²) >= 11 is 0. The normalized spacial score (nSPS) is 19.5. The molecule has 1 aliphatic rings. The van der Waals surface area contributed by atoms with Gasteiger partial charge in [-0.25, -0.2) is 0 Å². The third kappa shape index (κ3) is 3.57. The fourth-order valence-corrected chi connectivity index (χ4v) is 2.35. The van der Waals surface area contributed by atoms with Crippen LogP contribution in [0.3, 0.4) is 0 Å². The van der Waals surface area contributed by atoms with Gasteiger partial charge in [0.15, 0.2) is 0 Å². The summed E-state index contributed by atoms with van der Waals surface area (Å²) in [6.45, 7) is 3.91. The van der Waals surface area contributed by atoms with Gasteiger partial charge in [-0.2, -0.15) is 0 Å². The van der Waals surface area contributed by atoms with Crippen LogP contribution < -0.4 is 10.6 Å². The molecule has 1 fully saturated rings. The molecule has 0 aliphatic carbocycles. The van der Waals surface area contributed by atoms with Crippen LogP contribution in [-0.2, 0) is 6.42 Å². The van der Waals surface area contributed by atoms with E-state index in [0.717, 1.165) is 31.5 Å². The summed E-state index contributed by atoms with van der Waals surface area (Å²) in [6, 6.07) is 8.30. The Morgan fingerprint density at radius 2 is 2.33 bits per heavy atom. The molecule has 1 atom stereocenters. The lowest BCUT2D eigenvalue weighted by atomic mass is 10.0. The molecule has 0 radical (unpaired) electrons. The first kappa shape index (κ1) is 13.1. The Kier molecular flexibility index (Phi) is 4.76. The SMILES string of the molecule is CCc1cccc(C(=O)NCC2CCCCN2)c1. The minimum Gasteiger partial charge on any atom is -0.350 e. The molecule has 1 heterocycles. The number of carbonyl (C=O) groups is 1. The molecule has 1 amide bonds. The highest BCUT2D eigenvalue weighted by Gasteiger charge is 2.14. The molecule has 0 aromatic heterocycles. The van der Waals surface area contributed by atoms with Crippen molar-refractivity contribution < 1.29 is 4.79 Å². The Bertz CT molecular complexity index is 397. The number of hydrogen-bond donors (Lipinski definition) is 2. The third-order valence-corrected chi connectivity index (χ3v) is 3.52. The van der Waals surface area contributed by atoms with Crippen molar-refractivity contribution in [2.24, 2.45) is 0 Å².